The number of aromatic nitrogens is 1. The maximum absolute atomic E-state index is 12.7. The van der Waals surface area contributed by atoms with Crippen LogP contribution in [0.4, 0.5) is 0 Å². The van der Waals surface area contributed by atoms with Gasteiger partial charge in [0.1, 0.15) is 0 Å². The summed E-state index contributed by atoms with van der Waals surface area (Å²) in [6, 6.07) is 0. The molecule has 2 fully saturated rings. The Bertz CT molecular complexity index is 772. The lowest BCUT2D eigenvalue weighted by molar-refractivity contribution is -0.140. The zero-order chi connectivity index (χ0) is 19.0. The molecule has 0 radical (unpaired) electrons. The second-order valence-electron chi connectivity index (χ2n) is 7.37. The number of amides is 2. The van der Waals surface area contributed by atoms with Gasteiger partial charge in [-0.3, -0.25) is 19.5 Å². The molecule has 2 aliphatic carbocycles. The third-order valence-corrected chi connectivity index (χ3v) is 6.69. The summed E-state index contributed by atoms with van der Waals surface area (Å²) in [5, 5.41) is 7.53. The number of imide groups is 1. The quantitative estimate of drug-likeness (QED) is 0.329. The Morgan fingerprint density at radius 1 is 1.22 bits per heavy atom. The number of nitrogens with one attached hydrogen (secondary N) is 2. The number of carbonyl (C=O) groups excluding carboxylic acids is 2. The van der Waals surface area contributed by atoms with E-state index in [1.54, 1.807) is 18.4 Å². The largest absolute Gasteiger partial charge is 0.356 e. The second kappa shape index (κ2) is 7.42. The average molecular weight is 388 g/mol. The van der Waals surface area contributed by atoms with Crippen LogP contribution >= 0.6 is 11.3 Å². The first-order chi connectivity index (χ1) is 13.1. The number of allylic oxidation sites excluding steroid dienone is 2. The Kier molecular flexibility index (Phi) is 4.99. The van der Waals surface area contributed by atoms with Gasteiger partial charge >= 0.3 is 0 Å². The highest BCUT2D eigenvalue weighted by molar-refractivity contribution is 7.11. The lowest BCUT2D eigenvalue weighted by atomic mass is 9.85. The van der Waals surface area contributed by atoms with Crippen LogP contribution in [0.1, 0.15) is 16.3 Å². The van der Waals surface area contributed by atoms with Crippen molar-refractivity contribution in [1.29, 1.82) is 0 Å². The summed E-state index contributed by atoms with van der Waals surface area (Å²) in [7, 11) is 1.71. The summed E-state index contributed by atoms with van der Waals surface area (Å²) in [6.07, 6.45) is 7.92. The molecule has 1 saturated carbocycles. The molecule has 27 heavy (non-hydrogen) atoms. The molecule has 1 saturated heterocycles. The van der Waals surface area contributed by atoms with Crippen molar-refractivity contribution in [3.05, 3.63) is 28.2 Å². The van der Waals surface area contributed by atoms with Crippen molar-refractivity contribution >= 4 is 29.1 Å². The first-order valence-corrected chi connectivity index (χ1v) is 10.3. The first-order valence-electron chi connectivity index (χ1n) is 9.48. The van der Waals surface area contributed by atoms with Crippen LogP contribution in [0.5, 0.6) is 0 Å². The summed E-state index contributed by atoms with van der Waals surface area (Å²) in [4.78, 5) is 36.5. The van der Waals surface area contributed by atoms with Crippen molar-refractivity contribution in [3.63, 3.8) is 0 Å². The van der Waals surface area contributed by atoms with Gasteiger partial charge in [-0.2, -0.15) is 0 Å². The van der Waals surface area contributed by atoms with Crippen LogP contribution in [0.25, 0.3) is 0 Å². The van der Waals surface area contributed by atoms with E-state index >= 15 is 0 Å². The number of thiazole rings is 1. The van der Waals surface area contributed by atoms with Crippen molar-refractivity contribution < 1.29 is 9.59 Å². The van der Waals surface area contributed by atoms with Gasteiger partial charge in [0.2, 0.25) is 11.8 Å². The van der Waals surface area contributed by atoms with E-state index in [-0.39, 0.29) is 35.5 Å². The number of guanidine groups is 1. The smallest absolute Gasteiger partial charge is 0.233 e. The fourth-order valence-electron chi connectivity index (χ4n) is 4.50. The highest BCUT2D eigenvalue weighted by Crippen LogP contribution is 2.52. The van der Waals surface area contributed by atoms with Gasteiger partial charge in [0, 0.05) is 44.2 Å². The predicted octanol–water partition coefficient (Wildman–Crippen LogP) is 0.966. The summed E-state index contributed by atoms with van der Waals surface area (Å²) in [5.74, 6) is 0.968. The molecule has 4 rings (SSSR count). The highest BCUT2D eigenvalue weighted by Gasteiger charge is 2.58. The standard InChI is InChI=1S/C19H25N5O2S/c1-11-10-23-14(27-11)5-6-21-19(20-2)22-7-8-24-17(25)15-12-3-4-13(9-12)16(15)18(24)26/h3-4,10,12-13,15-16H,5-9H2,1-2H3,(H2,20,21,22). The summed E-state index contributed by atoms with van der Waals surface area (Å²) in [6.45, 7) is 3.66. The molecule has 3 aliphatic rings. The monoisotopic (exact) mass is 387 g/mol. The van der Waals surface area contributed by atoms with Crippen molar-refractivity contribution in [2.45, 2.75) is 19.8 Å². The van der Waals surface area contributed by atoms with Gasteiger partial charge in [0.05, 0.1) is 16.8 Å². The van der Waals surface area contributed by atoms with Crippen LogP contribution in [0.2, 0.25) is 0 Å². The lowest BCUT2D eigenvalue weighted by Gasteiger charge is -2.18. The van der Waals surface area contributed by atoms with E-state index in [2.05, 4.69) is 32.8 Å². The van der Waals surface area contributed by atoms with Gasteiger partial charge in [-0.25, -0.2) is 4.98 Å². The minimum Gasteiger partial charge on any atom is -0.356 e. The molecule has 2 heterocycles. The molecule has 0 aromatic carbocycles. The number of carbonyl (C=O) groups is 2. The third kappa shape index (κ3) is 3.38. The number of aliphatic imine (C=N–C) groups is 1. The molecular formula is C19H25N5O2S. The molecule has 2 N–H and O–H groups in total. The third-order valence-electron chi connectivity index (χ3n) is 5.71. The van der Waals surface area contributed by atoms with E-state index in [4.69, 9.17) is 0 Å². The molecule has 1 aliphatic heterocycles. The van der Waals surface area contributed by atoms with E-state index in [1.165, 1.54) is 9.78 Å². The number of rotatable bonds is 6. The summed E-state index contributed by atoms with van der Waals surface area (Å²) in [5.41, 5.74) is 0. The maximum atomic E-state index is 12.7. The fourth-order valence-corrected chi connectivity index (χ4v) is 5.28. The molecule has 144 valence electrons. The first kappa shape index (κ1) is 18.2. The number of fused-ring (bicyclic) bond motifs is 5. The fraction of sp³-hybridized carbons (Fsp3) is 0.579. The lowest BCUT2D eigenvalue weighted by Crippen LogP contribution is -2.44. The number of likely N-dealkylation sites (tertiary alicyclic amines) is 1. The second-order valence-corrected chi connectivity index (χ2v) is 8.69. The van der Waals surface area contributed by atoms with Crippen LogP contribution in [-0.2, 0) is 16.0 Å². The van der Waals surface area contributed by atoms with Gasteiger partial charge in [0.15, 0.2) is 5.96 Å². The molecule has 4 unspecified atom stereocenters. The minimum absolute atomic E-state index is 0.00531. The molecule has 1 aromatic heterocycles. The van der Waals surface area contributed by atoms with Gasteiger partial charge in [0.25, 0.3) is 0 Å². The highest BCUT2D eigenvalue weighted by atomic mass is 32.1. The maximum Gasteiger partial charge on any atom is 0.233 e. The summed E-state index contributed by atoms with van der Waals surface area (Å²) < 4.78 is 0. The van der Waals surface area contributed by atoms with E-state index < -0.39 is 0 Å². The van der Waals surface area contributed by atoms with Crippen LogP contribution in [0, 0.1) is 30.6 Å². The Morgan fingerprint density at radius 2 is 1.89 bits per heavy atom. The molecule has 4 atom stereocenters. The molecule has 7 nitrogen and oxygen atoms in total. The van der Waals surface area contributed by atoms with Crippen LogP contribution in [0.3, 0.4) is 0 Å². The van der Waals surface area contributed by atoms with Crippen molar-refractivity contribution in [2.75, 3.05) is 26.7 Å². The van der Waals surface area contributed by atoms with Gasteiger partial charge in [-0.05, 0) is 25.2 Å². The Balaban J connectivity index is 1.23. The topological polar surface area (TPSA) is 86.7 Å². The van der Waals surface area contributed by atoms with Crippen molar-refractivity contribution in [2.24, 2.45) is 28.7 Å². The molecule has 2 amide bonds. The molecular weight excluding hydrogens is 362 g/mol. The Labute approximate surface area is 163 Å². The average Bonchev–Trinajstić information content (AvgIpc) is 3.41. The van der Waals surface area contributed by atoms with Gasteiger partial charge in [-0.15, -0.1) is 11.3 Å². The SMILES string of the molecule is CN=C(NCCc1ncc(C)s1)NCCN1C(=O)C2C3C=CC(C3)C2C1=O. The van der Waals surface area contributed by atoms with Crippen LogP contribution < -0.4 is 10.6 Å². The number of hydrogen-bond acceptors (Lipinski definition) is 5. The number of hydrogen-bond donors (Lipinski definition) is 2. The molecule has 1 aromatic rings. The van der Waals surface area contributed by atoms with E-state index in [0.717, 1.165) is 24.4 Å². The van der Waals surface area contributed by atoms with E-state index in [0.29, 0.717) is 19.0 Å². The summed E-state index contributed by atoms with van der Waals surface area (Å²) >= 11 is 1.70. The minimum atomic E-state index is -0.119. The van der Waals surface area contributed by atoms with E-state index in [9.17, 15) is 9.59 Å². The predicted molar refractivity (Wildman–Crippen MR) is 104 cm³/mol. The molecule has 8 heteroatoms. The Hall–Kier alpha value is -2.22. The van der Waals surface area contributed by atoms with Gasteiger partial charge < -0.3 is 10.6 Å². The van der Waals surface area contributed by atoms with Crippen molar-refractivity contribution in [3.8, 4) is 0 Å². The molecule has 0 spiro atoms. The van der Waals surface area contributed by atoms with E-state index in [1.807, 2.05) is 13.1 Å². The van der Waals surface area contributed by atoms with Gasteiger partial charge in [-0.1, -0.05) is 12.2 Å². The normalized spacial score (nSPS) is 29.0. The zero-order valence-electron chi connectivity index (χ0n) is 15.6. The number of aryl methyl sites for hydroxylation is 1. The van der Waals surface area contributed by atoms with Crippen molar-refractivity contribution in [1.82, 2.24) is 20.5 Å². The Morgan fingerprint density at radius 3 is 2.48 bits per heavy atom. The number of nitrogens with zero attached hydrogens (tertiary/aromatic N) is 3. The zero-order valence-corrected chi connectivity index (χ0v) is 16.5. The van der Waals surface area contributed by atoms with Crippen LogP contribution in [-0.4, -0.2) is 54.3 Å². The van der Waals surface area contributed by atoms with Crippen LogP contribution in [0.15, 0.2) is 23.3 Å². The molecule has 2 bridgehead atoms.